The van der Waals surface area contributed by atoms with Gasteiger partial charge in [-0.2, -0.15) is 0 Å². The summed E-state index contributed by atoms with van der Waals surface area (Å²) in [5, 5.41) is 0.675. The van der Waals surface area contributed by atoms with Crippen molar-refractivity contribution < 1.29 is 13.2 Å². The predicted molar refractivity (Wildman–Crippen MR) is 93.8 cm³/mol. The van der Waals surface area contributed by atoms with E-state index in [9.17, 15) is 18.0 Å². The smallest absolute Gasteiger partial charge is 0.267 e. The lowest BCUT2D eigenvalue weighted by Gasteiger charge is -2.37. The van der Waals surface area contributed by atoms with Gasteiger partial charge in [-0.3, -0.25) is 19.1 Å². The van der Waals surface area contributed by atoms with Crippen LogP contribution in [-0.2, 0) is 16.4 Å². The molecule has 1 atom stereocenters. The molecule has 0 N–H and O–H groups in total. The Bertz CT molecular complexity index is 859. The minimum atomic E-state index is -2.91. The summed E-state index contributed by atoms with van der Waals surface area (Å²) >= 11 is 1.52. The normalized spacial score (nSPS) is 25.9. The number of fused-ring (bicyclic) bond motifs is 1. The Labute approximate surface area is 150 Å². The van der Waals surface area contributed by atoms with Gasteiger partial charge in [0.15, 0.2) is 15.0 Å². The van der Waals surface area contributed by atoms with Crippen molar-refractivity contribution in [2.24, 2.45) is 0 Å². The molecule has 4 rings (SSSR count). The van der Waals surface area contributed by atoms with Crippen LogP contribution < -0.4 is 5.56 Å². The Hall–Kier alpha value is -1.39. The van der Waals surface area contributed by atoms with E-state index in [-0.39, 0.29) is 34.6 Å². The van der Waals surface area contributed by atoms with E-state index in [2.05, 4.69) is 9.88 Å². The molecule has 0 saturated carbocycles. The van der Waals surface area contributed by atoms with E-state index < -0.39 is 9.84 Å². The number of thioether (sulfide) groups is 1. The van der Waals surface area contributed by atoms with Gasteiger partial charge < -0.3 is 4.90 Å². The van der Waals surface area contributed by atoms with E-state index in [1.807, 2.05) is 0 Å². The molecule has 3 aliphatic heterocycles. The summed E-state index contributed by atoms with van der Waals surface area (Å²) < 4.78 is 24.8. The first-order valence-electron chi connectivity index (χ1n) is 8.41. The van der Waals surface area contributed by atoms with Crippen molar-refractivity contribution in [1.82, 2.24) is 19.4 Å². The maximum Gasteiger partial charge on any atom is 0.267 e. The Morgan fingerprint density at radius 2 is 1.96 bits per heavy atom. The van der Waals surface area contributed by atoms with Crippen molar-refractivity contribution in [2.75, 3.05) is 43.4 Å². The zero-order valence-corrected chi connectivity index (χ0v) is 15.4. The summed E-state index contributed by atoms with van der Waals surface area (Å²) in [6.07, 6.45) is 2.06. The number of rotatable bonds is 2. The largest absolute Gasteiger partial charge is 0.336 e. The minimum absolute atomic E-state index is 0.0616. The van der Waals surface area contributed by atoms with Gasteiger partial charge >= 0.3 is 0 Å². The Balaban J connectivity index is 1.43. The van der Waals surface area contributed by atoms with E-state index >= 15 is 0 Å². The molecular formula is C15H20N4O4S2. The molecule has 1 aromatic rings. The monoisotopic (exact) mass is 384 g/mol. The van der Waals surface area contributed by atoms with Crippen molar-refractivity contribution in [3.63, 3.8) is 0 Å². The van der Waals surface area contributed by atoms with Crippen LogP contribution in [0.1, 0.15) is 16.8 Å². The highest BCUT2D eigenvalue weighted by molar-refractivity contribution is 7.99. The number of hydrogen-bond donors (Lipinski definition) is 0. The van der Waals surface area contributed by atoms with Gasteiger partial charge in [-0.1, -0.05) is 11.8 Å². The molecule has 8 nitrogen and oxygen atoms in total. The van der Waals surface area contributed by atoms with Crippen LogP contribution in [0.4, 0.5) is 0 Å². The summed E-state index contributed by atoms with van der Waals surface area (Å²) in [7, 11) is -2.91. The van der Waals surface area contributed by atoms with E-state index in [1.54, 1.807) is 9.47 Å². The second kappa shape index (κ2) is 6.40. The third kappa shape index (κ3) is 3.22. The molecule has 1 amide bonds. The van der Waals surface area contributed by atoms with Crippen molar-refractivity contribution in [1.29, 1.82) is 0 Å². The second-order valence-electron chi connectivity index (χ2n) is 6.64. The highest BCUT2D eigenvalue weighted by Gasteiger charge is 2.35. The van der Waals surface area contributed by atoms with Crippen LogP contribution in [0.2, 0.25) is 0 Å². The van der Waals surface area contributed by atoms with Crippen molar-refractivity contribution in [3.05, 3.63) is 22.1 Å². The molecule has 10 heteroatoms. The Morgan fingerprint density at radius 3 is 2.64 bits per heavy atom. The first-order valence-corrected chi connectivity index (χ1v) is 11.2. The number of aromatic nitrogens is 2. The van der Waals surface area contributed by atoms with Gasteiger partial charge in [0.1, 0.15) is 5.56 Å². The molecule has 0 radical (unpaired) electrons. The van der Waals surface area contributed by atoms with Crippen LogP contribution in [0.3, 0.4) is 0 Å². The van der Waals surface area contributed by atoms with E-state index in [0.717, 1.165) is 5.75 Å². The van der Waals surface area contributed by atoms with Crippen LogP contribution in [0.25, 0.3) is 0 Å². The van der Waals surface area contributed by atoms with Gasteiger partial charge in [0.25, 0.3) is 11.5 Å². The number of piperazine rings is 1. The molecule has 4 heterocycles. The lowest BCUT2D eigenvalue weighted by atomic mass is 10.1. The highest BCUT2D eigenvalue weighted by atomic mass is 32.2. The number of hydrogen-bond acceptors (Lipinski definition) is 7. The maximum atomic E-state index is 12.7. The molecule has 0 bridgehead atoms. The molecule has 3 aliphatic rings. The maximum absolute atomic E-state index is 12.7. The van der Waals surface area contributed by atoms with Gasteiger partial charge in [-0.15, -0.1) is 0 Å². The average molecular weight is 384 g/mol. The Morgan fingerprint density at radius 1 is 1.20 bits per heavy atom. The Kier molecular flexibility index (Phi) is 4.37. The molecule has 25 heavy (non-hydrogen) atoms. The number of sulfone groups is 1. The fraction of sp³-hybridized carbons (Fsp3) is 0.667. The zero-order chi connectivity index (χ0) is 17.6. The quantitative estimate of drug-likeness (QED) is 0.622. The van der Waals surface area contributed by atoms with Crippen LogP contribution in [0, 0.1) is 0 Å². The molecule has 0 aliphatic carbocycles. The predicted octanol–water partition coefficient (Wildman–Crippen LogP) is -0.706. The minimum Gasteiger partial charge on any atom is -0.336 e. The standard InChI is InChI=1S/C15H20N4O4S2/c20-13(12-9-16-15-19(14(12)21)6-7-24-15)18-4-2-17(3-5-18)11-1-8-25(22,23)10-11/h9,11H,1-8,10H2/t11-/m0/s1. The SMILES string of the molecule is O=C(c1cnc2n(c1=O)CCS2)N1CCN([C@H]2CCS(=O)(=O)C2)CC1. The molecule has 2 fully saturated rings. The molecule has 2 saturated heterocycles. The topological polar surface area (TPSA) is 92.6 Å². The van der Waals surface area contributed by atoms with Crippen LogP contribution >= 0.6 is 11.8 Å². The summed E-state index contributed by atoms with van der Waals surface area (Å²) in [5.74, 6) is 1.01. The number of carbonyl (C=O) groups excluding carboxylic acids is 1. The van der Waals surface area contributed by atoms with Gasteiger partial charge in [-0.05, 0) is 6.42 Å². The van der Waals surface area contributed by atoms with Crippen LogP contribution in [0.5, 0.6) is 0 Å². The number of nitrogens with zero attached hydrogens (tertiary/aromatic N) is 4. The first-order chi connectivity index (χ1) is 11.9. The number of carbonyl (C=O) groups is 1. The fourth-order valence-corrected chi connectivity index (χ4v) is 6.36. The van der Waals surface area contributed by atoms with Crippen molar-refractivity contribution >= 4 is 27.5 Å². The van der Waals surface area contributed by atoms with Gasteiger partial charge in [-0.25, -0.2) is 13.4 Å². The highest BCUT2D eigenvalue weighted by Crippen LogP contribution is 2.22. The van der Waals surface area contributed by atoms with Crippen molar-refractivity contribution in [2.45, 2.75) is 24.2 Å². The fourth-order valence-electron chi connectivity index (χ4n) is 3.69. The molecule has 136 valence electrons. The first kappa shape index (κ1) is 17.0. The summed E-state index contributed by atoms with van der Waals surface area (Å²) in [5.41, 5.74) is -0.132. The summed E-state index contributed by atoms with van der Waals surface area (Å²) in [6, 6.07) is 0.0616. The molecule has 0 unspecified atom stereocenters. The van der Waals surface area contributed by atoms with Crippen molar-refractivity contribution in [3.8, 4) is 0 Å². The van der Waals surface area contributed by atoms with E-state index in [0.29, 0.717) is 44.3 Å². The zero-order valence-electron chi connectivity index (χ0n) is 13.8. The van der Waals surface area contributed by atoms with Gasteiger partial charge in [0, 0.05) is 50.7 Å². The van der Waals surface area contributed by atoms with Crippen LogP contribution in [0.15, 0.2) is 16.1 Å². The lowest BCUT2D eigenvalue weighted by Crippen LogP contribution is -2.53. The third-order valence-corrected chi connectivity index (χ3v) is 7.83. The van der Waals surface area contributed by atoms with E-state index in [1.165, 1.54) is 18.0 Å². The molecular weight excluding hydrogens is 364 g/mol. The lowest BCUT2D eigenvalue weighted by molar-refractivity contribution is 0.0584. The third-order valence-electron chi connectivity index (χ3n) is 5.11. The van der Waals surface area contributed by atoms with Crippen LogP contribution in [-0.4, -0.2) is 83.2 Å². The van der Waals surface area contributed by atoms with Gasteiger partial charge in [0.2, 0.25) is 0 Å². The van der Waals surface area contributed by atoms with E-state index in [4.69, 9.17) is 0 Å². The molecule has 0 spiro atoms. The second-order valence-corrected chi connectivity index (χ2v) is 9.94. The molecule has 1 aromatic heterocycles. The van der Waals surface area contributed by atoms with Gasteiger partial charge in [0.05, 0.1) is 11.5 Å². The average Bonchev–Trinajstić information content (AvgIpc) is 3.21. The summed E-state index contributed by atoms with van der Waals surface area (Å²) in [4.78, 5) is 33.2. The molecule has 0 aromatic carbocycles. The number of amides is 1. The summed E-state index contributed by atoms with van der Waals surface area (Å²) in [6.45, 7) is 2.89.